The number of nitrogens with zero attached hydrogens (tertiary/aromatic N) is 4. The molecule has 0 N–H and O–H groups in total. The maximum absolute atomic E-state index is 5.62. The lowest BCUT2D eigenvalue weighted by Crippen LogP contribution is -2.48. The highest BCUT2D eigenvalue weighted by atomic mass is 16.7. The average molecular weight is 268 g/mol. The molecule has 1 aromatic heterocycles. The van der Waals surface area contributed by atoms with E-state index in [9.17, 15) is 0 Å². The van der Waals surface area contributed by atoms with E-state index in [1.807, 2.05) is 19.0 Å². The summed E-state index contributed by atoms with van der Waals surface area (Å²) in [6, 6.07) is 0. The molecule has 3 unspecified atom stereocenters. The first-order chi connectivity index (χ1) is 9.09. The van der Waals surface area contributed by atoms with Gasteiger partial charge in [0, 0.05) is 47.3 Å². The summed E-state index contributed by atoms with van der Waals surface area (Å²) in [5.74, 6) is 1.14. The number of rotatable bonds is 4. The van der Waals surface area contributed by atoms with Gasteiger partial charge in [0.2, 0.25) is 5.89 Å². The topological polar surface area (TPSA) is 63.9 Å². The summed E-state index contributed by atoms with van der Waals surface area (Å²) in [4.78, 5) is 8.61. The van der Waals surface area contributed by atoms with E-state index in [2.05, 4.69) is 15.0 Å². The van der Waals surface area contributed by atoms with Crippen molar-refractivity contribution in [2.45, 2.75) is 11.7 Å². The van der Waals surface area contributed by atoms with E-state index < -0.39 is 5.79 Å². The van der Waals surface area contributed by atoms with E-state index in [4.69, 9.17) is 14.0 Å². The molecule has 0 amide bonds. The van der Waals surface area contributed by atoms with Crippen LogP contribution in [0.15, 0.2) is 4.52 Å². The van der Waals surface area contributed by atoms with Crippen molar-refractivity contribution in [2.75, 3.05) is 52.8 Å². The van der Waals surface area contributed by atoms with Gasteiger partial charge in [-0.3, -0.25) is 4.90 Å². The fourth-order valence-corrected chi connectivity index (χ4v) is 3.21. The predicted octanol–water partition coefficient (Wildman–Crippen LogP) is 0.154. The van der Waals surface area contributed by atoms with Crippen LogP contribution in [-0.2, 0) is 9.47 Å². The van der Waals surface area contributed by atoms with Crippen molar-refractivity contribution in [3.05, 3.63) is 5.89 Å². The van der Waals surface area contributed by atoms with Gasteiger partial charge >= 0.3 is 0 Å². The van der Waals surface area contributed by atoms with Crippen molar-refractivity contribution in [1.29, 1.82) is 0 Å². The van der Waals surface area contributed by atoms with Gasteiger partial charge in [-0.05, 0) is 5.16 Å². The number of hydrogen-bond acceptors (Lipinski definition) is 7. The Balaban J connectivity index is 1.86. The molecule has 0 radical (unpaired) electrons. The normalized spacial score (nSPS) is 31.9. The van der Waals surface area contributed by atoms with Gasteiger partial charge < -0.3 is 18.9 Å². The van der Waals surface area contributed by atoms with Crippen molar-refractivity contribution in [2.24, 2.45) is 5.92 Å². The monoisotopic (exact) mass is 268 g/mol. The Morgan fingerprint density at radius 2 is 2.05 bits per heavy atom. The predicted molar refractivity (Wildman–Crippen MR) is 68.0 cm³/mol. The highest BCUT2D eigenvalue weighted by molar-refractivity contribution is 5.25. The molecule has 19 heavy (non-hydrogen) atoms. The van der Waals surface area contributed by atoms with E-state index in [0.29, 0.717) is 11.8 Å². The van der Waals surface area contributed by atoms with Gasteiger partial charge in [0.05, 0.1) is 12.5 Å². The van der Waals surface area contributed by atoms with Crippen molar-refractivity contribution in [1.82, 2.24) is 15.0 Å². The third kappa shape index (κ3) is 1.84. The SMILES string of the molecule is COC1(OC)CN2CC(c3nc(N(C)C)no3)C1C2. The van der Waals surface area contributed by atoms with Crippen LogP contribution in [0.1, 0.15) is 11.8 Å². The van der Waals surface area contributed by atoms with Crippen LogP contribution in [0.5, 0.6) is 0 Å². The van der Waals surface area contributed by atoms with Crippen molar-refractivity contribution in [3.8, 4) is 0 Å². The number of aromatic nitrogens is 2. The third-order valence-corrected chi connectivity index (χ3v) is 4.24. The maximum Gasteiger partial charge on any atom is 0.265 e. The van der Waals surface area contributed by atoms with Gasteiger partial charge in [0.25, 0.3) is 5.95 Å². The fraction of sp³-hybridized carbons (Fsp3) is 0.833. The molecule has 7 nitrogen and oxygen atoms in total. The van der Waals surface area contributed by atoms with Gasteiger partial charge in [-0.15, -0.1) is 0 Å². The molecule has 3 rings (SSSR count). The molecule has 0 saturated carbocycles. The molecular weight excluding hydrogens is 248 g/mol. The van der Waals surface area contributed by atoms with E-state index in [0.717, 1.165) is 19.6 Å². The quantitative estimate of drug-likeness (QED) is 0.720. The molecule has 0 aromatic carbocycles. The molecule has 2 saturated heterocycles. The molecule has 7 heteroatoms. The molecule has 0 aliphatic carbocycles. The Bertz CT molecular complexity index is 458. The molecule has 2 fully saturated rings. The van der Waals surface area contributed by atoms with Crippen LogP contribution in [0.3, 0.4) is 0 Å². The van der Waals surface area contributed by atoms with Gasteiger partial charge in [-0.1, -0.05) is 0 Å². The summed E-state index contributed by atoms with van der Waals surface area (Å²) in [5.41, 5.74) is 0. The smallest absolute Gasteiger partial charge is 0.265 e. The van der Waals surface area contributed by atoms with Gasteiger partial charge in [-0.2, -0.15) is 4.98 Å². The zero-order chi connectivity index (χ0) is 13.6. The van der Waals surface area contributed by atoms with Gasteiger partial charge in [0.1, 0.15) is 0 Å². The number of anilines is 1. The molecule has 0 spiro atoms. The molecule has 3 atom stereocenters. The highest BCUT2D eigenvalue weighted by Gasteiger charge is 2.58. The zero-order valence-corrected chi connectivity index (χ0v) is 11.8. The summed E-state index contributed by atoms with van der Waals surface area (Å²) < 4.78 is 16.7. The molecule has 2 bridgehead atoms. The average Bonchev–Trinajstić information content (AvgIpc) is 3.11. The first-order valence-electron chi connectivity index (χ1n) is 6.43. The number of fused-ring (bicyclic) bond motifs is 2. The highest BCUT2D eigenvalue weighted by Crippen LogP contribution is 2.47. The third-order valence-electron chi connectivity index (χ3n) is 4.24. The molecule has 2 aliphatic heterocycles. The van der Waals surface area contributed by atoms with E-state index in [1.54, 1.807) is 14.2 Å². The Labute approximate surface area is 112 Å². The Morgan fingerprint density at radius 1 is 1.32 bits per heavy atom. The fourth-order valence-electron chi connectivity index (χ4n) is 3.21. The number of piperidine rings is 1. The minimum Gasteiger partial charge on any atom is -0.352 e. The first-order valence-corrected chi connectivity index (χ1v) is 6.43. The molecular formula is C12H20N4O3. The second kappa shape index (κ2) is 4.43. The lowest BCUT2D eigenvalue weighted by atomic mass is 9.87. The molecule has 106 valence electrons. The second-order valence-corrected chi connectivity index (χ2v) is 5.45. The summed E-state index contributed by atoms with van der Waals surface area (Å²) in [5, 5.41) is 3.98. The standard InChI is InChI=1S/C12H20N4O3/c1-15(2)11-13-10(19-14-11)8-5-16-6-9(8)12(7-16,17-3)18-4/h8-9H,5-7H2,1-4H3. The number of ether oxygens (including phenoxy) is 2. The minimum absolute atomic E-state index is 0.176. The van der Waals surface area contributed by atoms with E-state index in [-0.39, 0.29) is 11.8 Å². The Morgan fingerprint density at radius 3 is 2.58 bits per heavy atom. The summed E-state index contributed by atoms with van der Waals surface area (Å²) in [6.07, 6.45) is 0. The Hall–Kier alpha value is -1.18. The second-order valence-electron chi connectivity index (χ2n) is 5.45. The van der Waals surface area contributed by atoms with Gasteiger partial charge in [-0.25, -0.2) is 0 Å². The zero-order valence-electron chi connectivity index (χ0n) is 11.8. The van der Waals surface area contributed by atoms with Crippen LogP contribution in [0, 0.1) is 5.92 Å². The molecule has 1 aromatic rings. The van der Waals surface area contributed by atoms with Crippen LogP contribution < -0.4 is 4.90 Å². The summed E-state index contributed by atoms with van der Waals surface area (Å²) in [7, 11) is 7.18. The van der Waals surface area contributed by atoms with E-state index >= 15 is 0 Å². The molecule has 3 heterocycles. The first kappa shape index (κ1) is 12.8. The van der Waals surface area contributed by atoms with E-state index in [1.165, 1.54) is 0 Å². The Kier molecular flexibility index (Phi) is 2.99. The van der Waals surface area contributed by atoms with Crippen molar-refractivity contribution in [3.63, 3.8) is 0 Å². The van der Waals surface area contributed by atoms with Crippen LogP contribution in [0.2, 0.25) is 0 Å². The lowest BCUT2D eigenvalue weighted by molar-refractivity contribution is -0.232. The van der Waals surface area contributed by atoms with Crippen LogP contribution in [-0.4, -0.2) is 68.8 Å². The lowest BCUT2D eigenvalue weighted by Gasteiger charge is -2.37. The maximum atomic E-state index is 5.62. The van der Waals surface area contributed by atoms with Crippen LogP contribution in [0.4, 0.5) is 5.95 Å². The van der Waals surface area contributed by atoms with Crippen LogP contribution in [0.25, 0.3) is 0 Å². The minimum atomic E-state index is -0.546. The summed E-state index contributed by atoms with van der Waals surface area (Å²) in [6.45, 7) is 2.68. The van der Waals surface area contributed by atoms with Crippen molar-refractivity contribution < 1.29 is 14.0 Å². The molecule has 2 aliphatic rings. The largest absolute Gasteiger partial charge is 0.352 e. The number of hydrogen-bond donors (Lipinski definition) is 0. The van der Waals surface area contributed by atoms with Gasteiger partial charge in [0.15, 0.2) is 5.79 Å². The van der Waals surface area contributed by atoms with Crippen LogP contribution >= 0.6 is 0 Å². The number of methoxy groups -OCH3 is 2. The summed E-state index contributed by atoms with van der Waals surface area (Å²) >= 11 is 0. The van der Waals surface area contributed by atoms with Crippen molar-refractivity contribution >= 4 is 5.95 Å².